The van der Waals surface area contributed by atoms with Gasteiger partial charge in [0.15, 0.2) is 11.6 Å². The molecule has 0 amide bonds. The summed E-state index contributed by atoms with van der Waals surface area (Å²) in [5, 5.41) is 9.25. The Labute approximate surface area is 177 Å². The summed E-state index contributed by atoms with van der Waals surface area (Å²) in [7, 11) is 0. The molecule has 4 nitrogen and oxygen atoms in total. The number of rotatable bonds is 4. The molecule has 8 heteroatoms. The third kappa shape index (κ3) is 4.66. The number of nitriles is 1. The minimum atomic E-state index is -0.745. The van der Waals surface area contributed by atoms with Crippen molar-refractivity contribution >= 4 is 11.4 Å². The van der Waals surface area contributed by atoms with Crippen molar-refractivity contribution in [1.29, 1.82) is 5.26 Å². The van der Waals surface area contributed by atoms with Crippen molar-refractivity contribution in [2.24, 2.45) is 0 Å². The molecular weight excluding hydrogens is 410 g/mol. The number of piperidine rings is 1. The number of allylic oxidation sites excluding steroid dienone is 2. The van der Waals surface area contributed by atoms with Crippen LogP contribution in [0.25, 0.3) is 0 Å². The molecule has 0 saturated carbocycles. The summed E-state index contributed by atoms with van der Waals surface area (Å²) in [4.78, 5) is 3.48. The van der Waals surface area contributed by atoms with Gasteiger partial charge in [-0.2, -0.15) is 5.26 Å². The molecule has 0 aliphatic carbocycles. The second kappa shape index (κ2) is 8.72. The highest BCUT2D eigenvalue weighted by Crippen LogP contribution is 2.35. The number of hydrogen-bond donors (Lipinski definition) is 0. The fraction of sp³-hybridized carbons (Fsp3) is 0.261. The molecule has 31 heavy (non-hydrogen) atoms. The normalized spacial score (nSPS) is 17.1. The highest BCUT2D eigenvalue weighted by Gasteiger charge is 2.25. The molecule has 0 atom stereocenters. The van der Waals surface area contributed by atoms with E-state index < -0.39 is 23.3 Å². The highest BCUT2D eigenvalue weighted by atomic mass is 19.1. The van der Waals surface area contributed by atoms with Gasteiger partial charge in [0.2, 0.25) is 0 Å². The Balaban J connectivity index is 1.51. The Morgan fingerprint density at radius 2 is 1.74 bits per heavy atom. The van der Waals surface area contributed by atoms with Crippen LogP contribution in [-0.4, -0.2) is 25.7 Å². The average molecular weight is 429 g/mol. The van der Waals surface area contributed by atoms with E-state index in [1.807, 2.05) is 4.90 Å². The average Bonchev–Trinajstić information content (AvgIpc) is 2.75. The molecule has 2 aromatic carbocycles. The zero-order valence-corrected chi connectivity index (χ0v) is 16.5. The lowest BCUT2D eigenvalue weighted by Gasteiger charge is -2.36. The van der Waals surface area contributed by atoms with Crippen LogP contribution in [0.3, 0.4) is 0 Å². The van der Waals surface area contributed by atoms with Gasteiger partial charge in [0.25, 0.3) is 0 Å². The van der Waals surface area contributed by atoms with Crippen LogP contribution in [0.2, 0.25) is 0 Å². The third-order valence-electron chi connectivity index (χ3n) is 5.28. The van der Waals surface area contributed by atoms with Crippen LogP contribution in [-0.2, 0) is 0 Å². The van der Waals surface area contributed by atoms with Gasteiger partial charge in [0, 0.05) is 44.3 Å². The van der Waals surface area contributed by atoms with Crippen LogP contribution in [0.4, 0.5) is 28.9 Å². The van der Waals surface area contributed by atoms with E-state index in [1.54, 1.807) is 18.2 Å². The van der Waals surface area contributed by atoms with Gasteiger partial charge in [0.05, 0.1) is 29.6 Å². The van der Waals surface area contributed by atoms with Gasteiger partial charge < -0.3 is 14.5 Å². The van der Waals surface area contributed by atoms with Crippen LogP contribution in [0.1, 0.15) is 18.4 Å². The van der Waals surface area contributed by atoms with Gasteiger partial charge in [-0.1, -0.05) is 0 Å². The molecule has 1 fully saturated rings. The number of hydrogen-bond acceptors (Lipinski definition) is 4. The first-order valence-corrected chi connectivity index (χ1v) is 9.84. The quantitative estimate of drug-likeness (QED) is 0.613. The summed E-state index contributed by atoms with van der Waals surface area (Å²) in [5.74, 6) is -2.71. The van der Waals surface area contributed by atoms with Crippen LogP contribution in [0, 0.1) is 23.0 Å². The highest BCUT2D eigenvalue weighted by molar-refractivity contribution is 5.75. The molecule has 0 aromatic heterocycles. The van der Waals surface area contributed by atoms with Gasteiger partial charge in [0.1, 0.15) is 23.6 Å². The summed E-state index contributed by atoms with van der Waals surface area (Å²) in [6.45, 7) is 0.994. The number of nitrogens with zero attached hydrogens (tertiary/aromatic N) is 3. The molecule has 0 bridgehead atoms. The van der Waals surface area contributed by atoms with E-state index in [0.717, 1.165) is 23.9 Å². The van der Waals surface area contributed by atoms with Crippen LogP contribution < -0.4 is 14.5 Å². The van der Waals surface area contributed by atoms with Crippen molar-refractivity contribution < 1.29 is 22.3 Å². The molecule has 160 valence electrons. The van der Waals surface area contributed by atoms with E-state index in [9.17, 15) is 22.8 Å². The van der Waals surface area contributed by atoms with Crippen molar-refractivity contribution in [2.45, 2.75) is 18.9 Å². The van der Waals surface area contributed by atoms with Crippen molar-refractivity contribution in [3.8, 4) is 11.8 Å². The Morgan fingerprint density at radius 3 is 2.42 bits per heavy atom. The molecule has 0 N–H and O–H groups in total. The van der Waals surface area contributed by atoms with E-state index in [0.29, 0.717) is 37.2 Å². The molecule has 0 spiro atoms. The zero-order valence-electron chi connectivity index (χ0n) is 16.5. The van der Waals surface area contributed by atoms with Crippen molar-refractivity contribution in [1.82, 2.24) is 0 Å². The molecule has 1 saturated heterocycles. The van der Waals surface area contributed by atoms with Crippen LogP contribution in [0.5, 0.6) is 5.75 Å². The second-order valence-electron chi connectivity index (χ2n) is 7.43. The molecule has 2 aliphatic rings. The maximum atomic E-state index is 13.9. The predicted octanol–water partition coefficient (Wildman–Crippen LogP) is 5.37. The molecule has 2 heterocycles. The Kier molecular flexibility index (Phi) is 5.85. The van der Waals surface area contributed by atoms with Crippen molar-refractivity contribution in [3.05, 3.63) is 77.5 Å². The summed E-state index contributed by atoms with van der Waals surface area (Å²) in [6.07, 6.45) is 2.95. The molecular formula is C23H19F4N3O. The largest absolute Gasteiger partial charge is 0.487 e. The third-order valence-corrected chi connectivity index (χ3v) is 5.28. The van der Waals surface area contributed by atoms with Crippen molar-refractivity contribution in [3.63, 3.8) is 0 Å². The van der Waals surface area contributed by atoms with E-state index in [-0.39, 0.29) is 18.4 Å². The molecule has 0 radical (unpaired) electrons. The van der Waals surface area contributed by atoms with Gasteiger partial charge in [-0.3, -0.25) is 0 Å². The zero-order chi connectivity index (χ0) is 22.0. The fourth-order valence-corrected chi connectivity index (χ4v) is 3.80. The van der Waals surface area contributed by atoms with Crippen LogP contribution in [0.15, 0.2) is 60.3 Å². The number of ether oxygens (including phenoxy) is 1. The first kappa shape index (κ1) is 20.8. The number of benzene rings is 2. The van der Waals surface area contributed by atoms with Gasteiger partial charge >= 0.3 is 0 Å². The summed E-state index contributed by atoms with van der Waals surface area (Å²) >= 11 is 0. The predicted molar refractivity (Wildman–Crippen MR) is 109 cm³/mol. The second-order valence-corrected chi connectivity index (χ2v) is 7.43. The summed E-state index contributed by atoms with van der Waals surface area (Å²) < 4.78 is 60.3. The Morgan fingerprint density at radius 1 is 0.968 bits per heavy atom. The minimum absolute atomic E-state index is 0.00936. The topological polar surface area (TPSA) is 39.5 Å². The SMILES string of the molecule is N#Cc1ccc(N2CCC(Oc3ccc(F)cc3F)CC2)c(N2C=C(F)C=C(F)C2)c1. The maximum absolute atomic E-state index is 13.9. The summed E-state index contributed by atoms with van der Waals surface area (Å²) in [5.41, 5.74) is 1.65. The van der Waals surface area contributed by atoms with Crippen LogP contribution >= 0.6 is 0 Å². The first-order valence-electron chi connectivity index (χ1n) is 9.84. The van der Waals surface area contributed by atoms with E-state index >= 15 is 0 Å². The minimum Gasteiger partial charge on any atom is -0.487 e. The number of halogens is 4. The van der Waals surface area contributed by atoms with E-state index in [1.165, 1.54) is 17.2 Å². The van der Waals surface area contributed by atoms with Gasteiger partial charge in [-0.25, -0.2) is 17.6 Å². The molecule has 0 unspecified atom stereocenters. The monoisotopic (exact) mass is 429 g/mol. The maximum Gasteiger partial charge on any atom is 0.167 e. The molecule has 4 rings (SSSR count). The lowest BCUT2D eigenvalue weighted by Crippen LogP contribution is -2.39. The Bertz CT molecular complexity index is 1080. The van der Waals surface area contributed by atoms with Gasteiger partial charge in [-0.05, 0) is 30.3 Å². The lowest BCUT2D eigenvalue weighted by molar-refractivity contribution is 0.163. The van der Waals surface area contributed by atoms with Crippen molar-refractivity contribution in [2.75, 3.05) is 29.4 Å². The Hall–Kier alpha value is -3.47. The fourth-order valence-electron chi connectivity index (χ4n) is 3.80. The smallest absolute Gasteiger partial charge is 0.167 e. The van der Waals surface area contributed by atoms with E-state index in [4.69, 9.17) is 4.74 Å². The number of anilines is 2. The van der Waals surface area contributed by atoms with E-state index in [2.05, 4.69) is 6.07 Å². The van der Waals surface area contributed by atoms with Gasteiger partial charge in [-0.15, -0.1) is 0 Å². The first-order chi connectivity index (χ1) is 14.9. The lowest BCUT2D eigenvalue weighted by atomic mass is 10.0. The molecule has 2 aromatic rings. The summed E-state index contributed by atoms with van der Waals surface area (Å²) in [6, 6.07) is 10.3. The molecule has 2 aliphatic heterocycles. The standard InChI is InChI=1S/C23H19F4N3O/c24-16-2-4-23(20(27)11-16)31-19-5-7-29(8-6-19)21-3-1-15(12-28)9-22(21)30-13-17(25)10-18(26)14-30/h1-4,9-11,13,19H,5-8,14H2.